The van der Waals surface area contributed by atoms with E-state index in [4.69, 9.17) is 0 Å². The predicted octanol–water partition coefficient (Wildman–Crippen LogP) is 2.34. The number of rotatable bonds is 4. The number of hydrogen-bond donors (Lipinski definition) is 1. The van der Waals surface area contributed by atoms with Gasteiger partial charge in [0, 0.05) is 31.7 Å². The average Bonchev–Trinajstić information content (AvgIpc) is 3.14. The lowest BCUT2D eigenvalue weighted by Gasteiger charge is -2.34. The van der Waals surface area contributed by atoms with Gasteiger partial charge in [0.1, 0.15) is 5.75 Å². The van der Waals surface area contributed by atoms with E-state index in [9.17, 15) is 27.9 Å². The number of carbonyl (C=O) groups excluding carboxylic acids is 3. The molecule has 2 heterocycles. The number of sulfonamides is 1. The Morgan fingerprint density at radius 3 is 1.83 bits per heavy atom. The Morgan fingerprint density at radius 1 is 0.743 bits per heavy atom. The molecule has 0 radical (unpaired) electrons. The summed E-state index contributed by atoms with van der Waals surface area (Å²) in [5.41, 5.74) is 1.34. The first-order chi connectivity index (χ1) is 16.8. The molecule has 1 fully saturated rings. The molecule has 2 aliphatic rings. The number of aromatic hydroxyl groups is 1. The van der Waals surface area contributed by atoms with Gasteiger partial charge in [0.15, 0.2) is 0 Å². The van der Waals surface area contributed by atoms with Crippen LogP contribution in [0.15, 0.2) is 77.7 Å². The van der Waals surface area contributed by atoms with Crippen LogP contribution in [0.5, 0.6) is 5.75 Å². The first kappa shape index (κ1) is 22.8. The van der Waals surface area contributed by atoms with Crippen molar-refractivity contribution in [2.24, 2.45) is 0 Å². The predicted molar refractivity (Wildman–Crippen MR) is 127 cm³/mol. The van der Waals surface area contributed by atoms with Crippen LogP contribution in [-0.2, 0) is 10.0 Å². The van der Waals surface area contributed by atoms with Gasteiger partial charge < -0.3 is 10.0 Å². The molecule has 0 spiro atoms. The number of imide groups is 1. The smallest absolute Gasteiger partial charge is 0.266 e. The Hall–Kier alpha value is -4.02. The van der Waals surface area contributed by atoms with Gasteiger partial charge in [0.2, 0.25) is 10.0 Å². The highest BCUT2D eigenvalue weighted by Gasteiger charge is 2.37. The highest BCUT2D eigenvalue weighted by molar-refractivity contribution is 7.89. The number of benzene rings is 3. The maximum Gasteiger partial charge on any atom is 0.266 e. The van der Waals surface area contributed by atoms with Crippen LogP contribution in [0, 0.1) is 0 Å². The molecule has 0 aromatic heterocycles. The summed E-state index contributed by atoms with van der Waals surface area (Å²) in [5, 5.41) is 9.39. The summed E-state index contributed by atoms with van der Waals surface area (Å²) in [6.07, 6.45) is 0. The zero-order valence-electron chi connectivity index (χ0n) is 18.5. The number of piperazine rings is 1. The van der Waals surface area contributed by atoms with Crippen molar-refractivity contribution in [1.29, 1.82) is 0 Å². The number of fused-ring (bicyclic) bond motifs is 1. The second-order valence-electron chi connectivity index (χ2n) is 8.23. The molecule has 3 aromatic carbocycles. The largest absolute Gasteiger partial charge is 0.508 e. The third-order valence-electron chi connectivity index (χ3n) is 6.17. The second-order valence-corrected chi connectivity index (χ2v) is 10.2. The van der Waals surface area contributed by atoms with Gasteiger partial charge in [0.25, 0.3) is 17.7 Å². The van der Waals surface area contributed by atoms with Crippen LogP contribution in [0.2, 0.25) is 0 Å². The molecule has 0 unspecified atom stereocenters. The third-order valence-corrected chi connectivity index (χ3v) is 8.08. The van der Waals surface area contributed by atoms with E-state index >= 15 is 0 Å². The summed E-state index contributed by atoms with van der Waals surface area (Å²) in [6, 6.07) is 18.1. The molecule has 35 heavy (non-hydrogen) atoms. The van der Waals surface area contributed by atoms with Crippen molar-refractivity contribution in [1.82, 2.24) is 9.21 Å². The minimum atomic E-state index is -3.83. The monoisotopic (exact) mass is 491 g/mol. The maximum atomic E-state index is 13.2. The lowest BCUT2D eigenvalue weighted by atomic mass is 10.1. The van der Waals surface area contributed by atoms with E-state index < -0.39 is 21.8 Å². The molecule has 3 aromatic rings. The Kier molecular flexibility index (Phi) is 5.62. The molecular formula is C25H21N3O6S. The van der Waals surface area contributed by atoms with E-state index in [-0.39, 0.29) is 42.7 Å². The van der Waals surface area contributed by atoms with Crippen molar-refractivity contribution in [2.45, 2.75) is 4.90 Å². The Morgan fingerprint density at radius 2 is 1.29 bits per heavy atom. The van der Waals surface area contributed by atoms with Crippen molar-refractivity contribution in [2.75, 3.05) is 31.1 Å². The van der Waals surface area contributed by atoms with E-state index in [1.54, 1.807) is 29.2 Å². The summed E-state index contributed by atoms with van der Waals surface area (Å²) in [6.45, 7) is 0.719. The van der Waals surface area contributed by atoms with Crippen LogP contribution in [0.3, 0.4) is 0 Å². The minimum Gasteiger partial charge on any atom is -0.508 e. The van der Waals surface area contributed by atoms with E-state index in [0.29, 0.717) is 22.4 Å². The Balaban J connectivity index is 1.28. The molecular weight excluding hydrogens is 470 g/mol. The van der Waals surface area contributed by atoms with Crippen molar-refractivity contribution < 1.29 is 27.9 Å². The molecule has 1 saturated heterocycles. The van der Waals surface area contributed by atoms with Gasteiger partial charge in [-0.25, -0.2) is 13.3 Å². The average molecular weight is 492 g/mol. The Bertz CT molecular complexity index is 1390. The molecule has 0 saturated carbocycles. The number of nitrogens with zero attached hydrogens (tertiary/aromatic N) is 3. The molecule has 0 atom stereocenters. The van der Waals surface area contributed by atoms with Crippen LogP contribution >= 0.6 is 0 Å². The fourth-order valence-corrected chi connectivity index (χ4v) is 5.68. The fourth-order valence-electron chi connectivity index (χ4n) is 4.26. The summed E-state index contributed by atoms with van der Waals surface area (Å²) in [5.74, 6) is -1.06. The van der Waals surface area contributed by atoms with Crippen molar-refractivity contribution in [3.05, 3.63) is 89.5 Å². The summed E-state index contributed by atoms with van der Waals surface area (Å²) < 4.78 is 27.6. The normalized spacial score (nSPS) is 16.5. The molecule has 9 nitrogen and oxygen atoms in total. The maximum absolute atomic E-state index is 13.2. The second kappa shape index (κ2) is 8.64. The van der Waals surface area contributed by atoms with Gasteiger partial charge in [-0.15, -0.1) is 0 Å². The van der Waals surface area contributed by atoms with Crippen LogP contribution < -0.4 is 4.90 Å². The quantitative estimate of drug-likeness (QED) is 0.560. The molecule has 10 heteroatoms. The Labute approximate surface area is 201 Å². The summed E-state index contributed by atoms with van der Waals surface area (Å²) in [7, 11) is -3.83. The first-order valence-electron chi connectivity index (χ1n) is 10.9. The molecule has 1 N–H and O–H groups in total. The van der Waals surface area contributed by atoms with E-state index in [1.807, 2.05) is 0 Å². The molecule has 3 amide bonds. The van der Waals surface area contributed by atoms with Crippen molar-refractivity contribution >= 4 is 33.4 Å². The zero-order chi connectivity index (χ0) is 24.7. The number of phenols is 1. The molecule has 178 valence electrons. The van der Waals surface area contributed by atoms with Gasteiger partial charge in [0.05, 0.1) is 21.7 Å². The summed E-state index contributed by atoms with van der Waals surface area (Å²) in [4.78, 5) is 40.7. The molecule has 2 aliphatic heterocycles. The number of amides is 3. The SMILES string of the molecule is O=C(c1ccc(O)cc1)N1CCN(S(=O)(=O)c2ccc(N3C(=O)c4ccccc4C3=O)cc2)CC1. The van der Waals surface area contributed by atoms with Crippen LogP contribution in [0.4, 0.5) is 5.69 Å². The van der Waals surface area contributed by atoms with E-state index in [1.165, 1.54) is 52.8 Å². The zero-order valence-corrected chi connectivity index (χ0v) is 19.3. The van der Waals surface area contributed by atoms with Crippen LogP contribution in [0.25, 0.3) is 0 Å². The van der Waals surface area contributed by atoms with Gasteiger partial charge in [-0.3, -0.25) is 14.4 Å². The highest BCUT2D eigenvalue weighted by Crippen LogP contribution is 2.29. The standard InChI is InChI=1S/C25H21N3O6S/c29-19-9-5-17(6-10-19)23(30)26-13-15-27(16-14-26)35(33,34)20-11-7-18(8-12-20)28-24(31)21-3-1-2-4-22(21)25(28)32/h1-12,29H,13-16H2. The first-order valence-corrected chi connectivity index (χ1v) is 12.4. The van der Waals surface area contributed by atoms with Crippen molar-refractivity contribution in [3.63, 3.8) is 0 Å². The summed E-state index contributed by atoms with van der Waals surface area (Å²) >= 11 is 0. The van der Waals surface area contributed by atoms with E-state index in [2.05, 4.69) is 0 Å². The lowest BCUT2D eigenvalue weighted by Crippen LogP contribution is -2.50. The van der Waals surface area contributed by atoms with E-state index in [0.717, 1.165) is 4.90 Å². The number of hydrogen-bond acceptors (Lipinski definition) is 6. The number of carbonyl (C=O) groups is 3. The van der Waals surface area contributed by atoms with Crippen molar-refractivity contribution in [3.8, 4) is 5.75 Å². The van der Waals surface area contributed by atoms with Gasteiger partial charge in [-0.05, 0) is 60.7 Å². The minimum absolute atomic E-state index is 0.0381. The van der Waals surface area contributed by atoms with Gasteiger partial charge in [-0.2, -0.15) is 4.31 Å². The lowest BCUT2D eigenvalue weighted by molar-refractivity contribution is 0.0697. The molecule has 0 aliphatic carbocycles. The molecule has 0 bridgehead atoms. The fraction of sp³-hybridized carbons (Fsp3) is 0.160. The van der Waals surface area contributed by atoms with Crippen LogP contribution in [-0.4, -0.2) is 66.6 Å². The number of phenolic OH excluding ortho intramolecular Hbond substituents is 1. The topological polar surface area (TPSA) is 115 Å². The molecule has 5 rings (SSSR count). The highest BCUT2D eigenvalue weighted by atomic mass is 32.2. The van der Waals surface area contributed by atoms with Gasteiger partial charge >= 0.3 is 0 Å². The third kappa shape index (κ3) is 3.96. The van der Waals surface area contributed by atoms with Gasteiger partial charge in [-0.1, -0.05) is 12.1 Å². The van der Waals surface area contributed by atoms with Crippen LogP contribution in [0.1, 0.15) is 31.1 Å². The number of anilines is 1.